The van der Waals surface area contributed by atoms with Crippen LogP contribution in [0.25, 0.3) is 10.6 Å². The monoisotopic (exact) mass is 262 g/mol. The minimum atomic E-state index is 0.335. The van der Waals surface area contributed by atoms with E-state index in [-0.39, 0.29) is 0 Å². The number of aryl methyl sites for hydroxylation is 1. The Balaban J connectivity index is 2.39. The summed E-state index contributed by atoms with van der Waals surface area (Å²) in [6, 6.07) is 8.36. The summed E-state index contributed by atoms with van der Waals surface area (Å²) in [5.41, 5.74) is 2.21. The van der Waals surface area contributed by atoms with Gasteiger partial charge in [-0.25, -0.2) is 4.98 Å². The van der Waals surface area contributed by atoms with Crippen LogP contribution in [0.5, 0.6) is 5.75 Å². The molecule has 0 bridgehead atoms. The Hall–Kier alpha value is -1.39. The van der Waals surface area contributed by atoms with E-state index in [1.54, 1.807) is 18.4 Å². The van der Waals surface area contributed by atoms with Crippen LogP contribution in [0.15, 0.2) is 24.3 Å². The molecule has 0 spiro atoms. The summed E-state index contributed by atoms with van der Waals surface area (Å²) in [6.07, 6.45) is 0. The highest BCUT2D eigenvalue weighted by Crippen LogP contribution is 2.32. The highest BCUT2D eigenvalue weighted by atomic mass is 32.1. The van der Waals surface area contributed by atoms with Crippen molar-refractivity contribution < 1.29 is 4.74 Å². The molecule has 1 aromatic carbocycles. The quantitative estimate of drug-likeness (QED) is 0.917. The van der Waals surface area contributed by atoms with Gasteiger partial charge in [-0.3, -0.25) is 0 Å². The minimum absolute atomic E-state index is 0.335. The van der Waals surface area contributed by atoms with Crippen LogP contribution >= 0.6 is 11.3 Å². The molecule has 0 saturated carbocycles. The largest absolute Gasteiger partial charge is 0.497 e. The topological polar surface area (TPSA) is 34.1 Å². The average Bonchev–Trinajstić information content (AvgIpc) is 2.80. The number of rotatable bonds is 4. The van der Waals surface area contributed by atoms with Crippen molar-refractivity contribution in [3.05, 3.63) is 34.8 Å². The summed E-state index contributed by atoms with van der Waals surface area (Å²) in [5.74, 6) is 0.864. The summed E-state index contributed by atoms with van der Waals surface area (Å²) in [6.45, 7) is 4.21. The second-order valence-corrected chi connectivity index (χ2v) is 5.24. The van der Waals surface area contributed by atoms with Gasteiger partial charge < -0.3 is 10.1 Å². The van der Waals surface area contributed by atoms with E-state index in [1.807, 2.05) is 25.2 Å². The van der Waals surface area contributed by atoms with Gasteiger partial charge in [-0.2, -0.15) is 0 Å². The van der Waals surface area contributed by atoms with E-state index < -0.39 is 0 Å². The van der Waals surface area contributed by atoms with Gasteiger partial charge in [0.2, 0.25) is 0 Å². The second kappa shape index (κ2) is 5.50. The fourth-order valence-corrected chi connectivity index (χ4v) is 2.94. The van der Waals surface area contributed by atoms with E-state index in [0.717, 1.165) is 22.0 Å². The molecule has 0 aliphatic rings. The molecule has 1 N–H and O–H groups in total. The lowest BCUT2D eigenvalue weighted by Crippen LogP contribution is -2.11. The molecule has 0 aliphatic carbocycles. The first kappa shape index (κ1) is 13.1. The van der Waals surface area contributed by atoms with Crippen LogP contribution in [-0.2, 0) is 0 Å². The maximum absolute atomic E-state index is 5.25. The summed E-state index contributed by atoms with van der Waals surface area (Å²) in [7, 11) is 3.65. The first-order valence-electron chi connectivity index (χ1n) is 5.94. The Morgan fingerprint density at radius 2 is 2.17 bits per heavy atom. The molecule has 1 aromatic heterocycles. The first-order valence-corrected chi connectivity index (χ1v) is 6.76. The molecule has 2 rings (SSSR count). The highest BCUT2D eigenvalue weighted by molar-refractivity contribution is 7.15. The molecule has 1 heterocycles. The number of nitrogens with one attached hydrogen (secondary N) is 1. The van der Waals surface area contributed by atoms with E-state index >= 15 is 0 Å². The zero-order valence-electron chi connectivity index (χ0n) is 11.2. The maximum Gasteiger partial charge on any atom is 0.124 e. The number of benzene rings is 1. The summed E-state index contributed by atoms with van der Waals surface area (Å²) in [5, 5.41) is 4.30. The van der Waals surface area contributed by atoms with Gasteiger partial charge in [0.1, 0.15) is 10.8 Å². The lowest BCUT2D eigenvalue weighted by molar-refractivity contribution is 0.415. The molecule has 0 amide bonds. The predicted octanol–water partition coefficient (Wildman–Crippen LogP) is 3.41. The van der Waals surface area contributed by atoms with Gasteiger partial charge in [-0.15, -0.1) is 11.3 Å². The molecular weight excluding hydrogens is 244 g/mol. The van der Waals surface area contributed by atoms with Crippen molar-refractivity contribution in [1.29, 1.82) is 0 Å². The van der Waals surface area contributed by atoms with Gasteiger partial charge in [-0.05, 0) is 33.0 Å². The van der Waals surface area contributed by atoms with E-state index in [9.17, 15) is 0 Å². The van der Waals surface area contributed by atoms with Gasteiger partial charge in [0.25, 0.3) is 0 Å². The third-order valence-corrected chi connectivity index (χ3v) is 4.36. The van der Waals surface area contributed by atoms with E-state index in [2.05, 4.69) is 30.2 Å². The lowest BCUT2D eigenvalue weighted by atomic mass is 10.2. The number of ether oxygens (including phenoxy) is 1. The van der Waals surface area contributed by atoms with Crippen molar-refractivity contribution in [2.45, 2.75) is 19.9 Å². The van der Waals surface area contributed by atoms with Crippen LogP contribution in [0, 0.1) is 6.92 Å². The number of thiazole rings is 1. The molecule has 96 valence electrons. The number of hydrogen-bond acceptors (Lipinski definition) is 4. The summed E-state index contributed by atoms with van der Waals surface area (Å²) in [4.78, 5) is 5.94. The van der Waals surface area contributed by atoms with Crippen molar-refractivity contribution in [3.63, 3.8) is 0 Å². The molecule has 4 heteroatoms. The van der Waals surface area contributed by atoms with Gasteiger partial charge in [-0.1, -0.05) is 12.1 Å². The van der Waals surface area contributed by atoms with Crippen LogP contribution in [0.3, 0.4) is 0 Å². The predicted molar refractivity (Wildman–Crippen MR) is 76.3 cm³/mol. The number of aromatic nitrogens is 1. The van der Waals surface area contributed by atoms with E-state index in [0.29, 0.717) is 6.04 Å². The molecule has 0 aliphatic heterocycles. The molecule has 1 atom stereocenters. The Bertz CT molecular complexity index is 536. The van der Waals surface area contributed by atoms with Gasteiger partial charge >= 0.3 is 0 Å². The third kappa shape index (κ3) is 2.54. The third-order valence-electron chi connectivity index (χ3n) is 2.98. The Morgan fingerprint density at radius 3 is 2.83 bits per heavy atom. The normalized spacial score (nSPS) is 12.4. The van der Waals surface area contributed by atoms with Crippen molar-refractivity contribution in [3.8, 4) is 16.3 Å². The maximum atomic E-state index is 5.25. The fourth-order valence-electron chi connectivity index (χ4n) is 1.82. The van der Waals surface area contributed by atoms with Crippen LogP contribution < -0.4 is 10.1 Å². The first-order chi connectivity index (χ1) is 8.65. The molecule has 2 aromatic rings. The minimum Gasteiger partial charge on any atom is -0.497 e. The average molecular weight is 262 g/mol. The zero-order valence-corrected chi connectivity index (χ0v) is 12.0. The van der Waals surface area contributed by atoms with Crippen molar-refractivity contribution >= 4 is 11.3 Å². The van der Waals surface area contributed by atoms with Gasteiger partial charge in [0.15, 0.2) is 0 Å². The highest BCUT2D eigenvalue weighted by Gasteiger charge is 2.14. The SMILES string of the molecule is CNC(C)c1sc(-c2cccc(OC)c2)nc1C. The van der Waals surface area contributed by atoms with E-state index in [4.69, 9.17) is 4.74 Å². The molecular formula is C14H18N2OS. The molecule has 0 fully saturated rings. The lowest BCUT2D eigenvalue weighted by Gasteiger charge is -2.07. The standard InChI is InChI=1S/C14H18N2OS/c1-9(15-3)13-10(2)16-14(18-13)11-6-5-7-12(8-11)17-4/h5-9,15H,1-4H3. The fraction of sp³-hybridized carbons (Fsp3) is 0.357. The Labute approximate surface area is 112 Å². The van der Waals surface area contributed by atoms with Gasteiger partial charge in [0.05, 0.1) is 12.8 Å². The van der Waals surface area contributed by atoms with Crippen molar-refractivity contribution in [2.24, 2.45) is 0 Å². The van der Waals surface area contributed by atoms with Gasteiger partial charge in [0, 0.05) is 16.5 Å². The zero-order chi connectivity index (χ0) is 13.1. The molecule has 0 saturated heterocycles. The van der Waals surface area contributed by atoms with E-state index in [1.165, 1.54) is 4.88 Å². The van der Waals surface area contributed by atoms with Crippen LogP contribution in [0.4, 0.5) is 0 Å². The molecule has 3 nitrogen and oxygen atoms in total. The number of nitrogens with zero attached hydrogens (tertiary/aromatic N) is 1. The second-order valence-electron chi connectivity index (χ2n) is 4.21. The number of methoxy groups -OCH3 is 1. The Morgan fingerprint density at radius 1 is 1.39 bits per heavy atom. The smallest absolute Gasteiger partial charge is 0.124 e. The van der Waals surface area contributed by atoms with Crippen LogP contribution in [-0.4, -0.2) is 19.1 Å². The summed E-state index contributed by atoms with van der Waals surface area (Å²) < 4.78 is 5.25. The number of hydrogen-bond donors (Lipinski definition) is 1. The van der Waals surface area contributed by atoms with Crippen molar-refractivity contribution in [1.82, 2.24) is 10.3 Å². The van der Waals surface area contributed by atoms with Crippen LogP contribution in [0.2, 0.25) is 0 Å². The Kier molecular flexibility index (Phi) is 3.99. The van der Waals surface area contributed by atoms with Crippen LogP contribution in [0.1, 0.15) is 23.5 Å². The van der Waals surface area contributed by atoms with Crippen molar-refractivity contribution in [2.75, 3.05) is 14.2 Å². The molecule has 18 heavy (non-hydrogen) atoms. The molecule has 0 radical (unpaired) electrons. The molecule has 1 unspecified atom stereocenters. The summed E-state index contributed by atoms with van der Waals surface area (Å²) >= 11 is 1.74.